The van der Waals surface area contributed by atoms with Gasteiger partial charge in [0.05, 0.1) is 0 Å². The van der Waals surface area contributed by atoms with Crippen LogP contribution in [-0.2, 0) is 6.54 Å². The molecule has 0 amide bonds. The van der Waals surface area contributed by atoms with Crippen LogP contribution in [0.2, 0.25) is 5.02 Å². The van der Waals surface area contributed by atoms with Gasteiger partial charge in [0.25, 0.3) is 0 Å². The highest BCUT2D eigenvalue weighted by Crippen LogP contribution is 2.21. The van der Waals surface area contributed by atoms with Crippen LogP contribution in [0.1, 0.15) is 18.1 Å². The molecule has 2 rings (SSSR count). The molecule has 2 aromatic carbocycles. The van der Waals surface area contributed by atoms with Crippen molar-refractivity contribution in [3.63, 3.8) is 0 Å². The molecule has 112 valence electrons. The fraction of sp³-hybridized carbons (Fsp3) is 0.294. The highest BCUT2D eigenvalue weighted by molar-refractivity contribution is 9.10. The van der Waals surface area contributed by atoms with Gasteiger partial charge in [0.2, 0.25) is 0 Å². The first kappa shape index (κ1) is 16.3. The Labute approximate surface area is 139 Å². The summed E-state index contributed by atoms with van der Waals surface area (Å²) in [5, 5.41) is 4.18. The standard InChI is InChI=1S/C17H19BrClNO/c1-12-3-6-16(7-4-12)21-11-13(2)20-10-14-9-15(19)5-8-17(14)18/h3-9,13,20H,10-11H2,1-2H3. The third kappa shape index (κ3) is 5.34. The maximum Gasteiger partial charge on any atom is 0.119 e. The second-order valence-corrected chi connectivity index (χ2v) is 6.43. The Bertz CT molecular complexity index is 586. The van der Waals surface area contributed by atoms with E-state index in [2.05, 4.69) is 47.2 Å². The number of benzene rings is 2. The first-order chi connectivity index (χ1) is 10.0. The average molecular weight is 369 g/mol. The van der Waals surface area contributed by atoms with Gasteiger partial charge < -0.3 is 10.1 Å². The van der Waals surface area contributed by atoms with E-state index >= 15 is 0 Å². The largest absolute Gasteiger partial charge is 0.492 e. The van der Waals surface area contributed by atoms with Crippen molar-refractivity contribution in [2.45, 2.75) is 26.4 Å². The molecule has 0 aromatic heterocycles. The quantitative estimate of drug-likeness (QED) is 0.777. The molecule has 0 fully saturated rings. The Hall–Kier alpha value is -1.03. The van der Waals surface area contributed by atoms with E-state index in [0.29, 0.717) is 6.61 Å². The first-order valence-electron chi connectivity index (χ1n) is 6.91. The minimum absolute atomic E-state index is 0.247. The summed E-state index contributed by atoms with van der Waals surface area (Å²) < 4.78 is 6.83. The summed E-state index contributed by atoms with van der Waals surface area (Å²) in [6, 6.07) is 14.1. The van der Waals surface area contributed by atoms with Crippen molar-refractivity contribution in [3.8, 4) is 5.75 Å². The van der Waals surface area contributed by atoms with Crippen molar-refractivity contribution >= 4 is 27.5 Å². The van der Waals surface area contributed by atoms with Gasteiger partial charge in [0.15, 0.2) is 0 Å². The lowest BCUT2D eigenvalue weighted by atomic mass is 10.2. The molecule has 1 N–H and O–H groups in total. The van der Waals surface area contributed by atoms with Crippen LogP contribution >= 0.6 is 27.5 Å². The van der Waals surface area contributed by atoms with Crippen molar-refractivity contribution in [3.05, 3.63) is 63.1 Å². The molecule has 21 heavy (non-hydrogen) atoms. The van der Waals surface area contributed by atoms with Gasteiger partial charge in [-0.25, -0.2) is 0 Å². The molecule has 0 radical (unpaired) electrons. The van der Waals surface area contributed by atoms with Gasteiger partial charge in [-0.15, -0.1) is 0 Å². The molecule has 0 aliphatic carbocycles. The summed E-state index contributed by atoms with van der Waals surface area (Å²) in [5.74, 6) is 0.901. The summed E-state index contributed by atoms with van der Waals surface area (Å²) in [6.45, 7) is 5.55. The van der Waals surface area contributed by atoms with E-state index in [4.69, 9.17) is 16.3 Å². The molecule has 0 saturated heterocycles. The van der Waals surface area contributed by atoms with Crippen molar-refractivity contribution in [1.82, 2.24) is 5.32 Å². The Morgan fingerprint density at radius 1 is 1.19 bits per heavy atom. The summed E-state index contributed by atoms with van der Waals surface area (Å²) in [7, 11) is 0. The van der Waals surface area contributed by atoms with Crippen molar-refractivity contribution in [1.29, 1.82) is 0 Å². The fourth-order valence-corrected chi connectivity index (χ4v) is 2.46. The van der Waals surface area contributed by atoms with E-state index < -0.39 is 0 Å². The van der Waals surface area contributed by atoms with Crippen molar-refractivity contribution in [2.75, 3.05) is 6.61 Å². The number of hydrogen-bond acceptors (Lipinski definition) is 2. The third-order valence-corrected chi connectivity index (χ3v) is 4.18. The minimum atomic E-state index is 0.247. The van der Waals surface area contributed by atoms with E-state index in [0.717, 1.165) is 27.4 Å². The van der Waals surface area contributed by atoms with E-state index in [1.165, 1.54) is 5.56 Å². The summed E-state index contributed by atoms with van der Waals surface area (Å²) in [6.07, 6.45) is 0. The van der Waals surface area contributed by atoms with Crippen LogP contribution in [0.15, 0.2) is 46.9 Å². The van der Waals surface area contributed by atoms with Crippen LogP contribution in [0.3, 0.4) is 0 Å². The number of ether oxygens (including phenoxy) is 1. The highest BCUT2D eigenvalue weighted by Gasteiger charge is 2.06. The summed E-state index contributed by atoms with van der Waals surface area (Å²) in [5.41, 5.74) is 2.38. The Kier molecular flexibility index (Phi) is 6.09. The van der Waals surface area contributed by atoms with E-state index in [-0.39, 0.29) is 6.04 Å². The van der Waals surface area contributed by atoms with Crippen LogP contribution in [0, 0.1) is 6.92 Å². The number of nitrogens with one attached hydrogen (secondary N) is 1. The monoisotopic (exact) mass is 367 g/mol. The fourth-order valence-electron chi connectivity index (χ4n) is 1.88. The Balaban J connectivity index is 1.80. The van der Waals surface area contributed by atoms with E-state index in [9.17, 15) is 0 Å². The Morgan fingerprint density at radius 2 is 1.90 bits per heavy atom. The molecule has 2 nitrogen and oxygen atoms in total. The Morgan fingerprint density at radius 3 is 2.62 bits per heavy atom. The van der Waals surface area contributed by atoms with Gasteiger partial charge in [0, 0.05) is 22.1 Å². The van der Waals surface area contributed by atoms with E-state index in [1.54, 1.807) is 0 Å². The van der Waals surface area contributed by atoms with Gasteiger partial charge in [0.1, 0.15) is 12.4 Å². The predicted octanol–water partition coefficient (Wildman–Crippen LogP) is 4.97. The normalized spacial score (nSPS) is 12.2. The van der Waals surface area contributed by atoms with Gasteiger partial charge in [-0.1, -0.05) is 45.2 Å². The summed E-state index contributed by atoms with van der Waals surface area (Å²) in [4.78, 5) is 0. The molecule has 1 unspecified atom stereocenters. The molecule has 0 aliphatic rings. The minimum Gasteiger partial charge on any atom is -0.492 e. The zero-order chi connectivity index (χ0) is 15.2. The molecule has 0 aliphatic heterocycles. The SMILES string of the molecule is Cc1ccc(OCC(C)NCc2cc(Cl)ccc2Br)cc1. The van der Waals surface area contributed by atoms with Gasteiger partial charge in [-0.05, 0) is 49.7 Å². The zero-order valence-electron chi connectivity index (χ0n) is 12.2. The molecule has 4 heteroatoms. The number of aryl methyl sites for hydroxylation is 1. The first-order valence-corrected chi connectivity index (χ1v) is 8.08. The van der Waals surface area contributed by atoms with Crippen molar-refractivity contribution < 1.29 is 4.74 Å². The molecule has 0 bridgehead atoms. The topological polar surface area (TPSA) is 21.3 Å². The van der Waals surface area contributed by atoms with Gasteiger partial charge in [-0.2, -0.15) is 0 Å². The van der Waals surface area contributed by atoms with Crippen LogP contribution in [-0.4, -0.2) is 12.6 Å². The summed E-state index contributed by atoms with van der Waals surface area (Å²) >= 11 is 9.55. The maximum atomic E-state index is 6.01. The second-order valence-electron chi connectivity index (χ2n) is 5.14. The van der Waals surface area contributed by atoms with Crippen LogP contribution in [0.5, 0.6) is 5.75 Å². The molecular formula is C17H19BrClNO. The second kappa shape index (κ2) is 7.83. The smallest absolute Gasteiger partial charge is 0.119 e. The van der Waals surface area contributed by atoms with Crippen molar-refractivity contribution in [2.24, 2.45) is 0 Å². The van der Waals surface area contributed by atoms with E-state index in [1.807, 2.05) is 30.3 Å². The predicted molar refractivity (Wildman–Crippen MR) is 92.1 cm³/mol. The molecule has 0 spiro atoms. The van der Waals surface area contributed by atoms with Gasteiger partial charge in [-0.3, -0.25) is 0 Å². The number of rotatable bonds is 6. The number of halogens is 2. The highest BCUT2D eigenvalue weighted by atomic mass is 79.9. The molecule has 0 heterocycles. The lowest BCUT2D eigenvalue weighted by Crippen LogP contribution is -2.31. The van der Waals surface area contributed by atoms with Crippen LogP contribution in [0.4, 0.5) is 0 Å². The third-order valence-electron chi connectivity index (χ3n) is 3.17. The number of hydrogen-bond donors (Lipinski definition) is 1. The van der Waals surface area contributed by atoms with Crippen LogP contribution in [0.25, 0.3) is 0 Å². The lowest BCUT2D eigenvalue weighted by molar-refractivity contribution is 0.272. The molecule has 1 atom stereocenters. The maximum absolute atomic E-state index is 6.01. The van der Waals surface area contributed by atoms with Gasteiger partial charge >= 0.3 is 0 Å². The molecule has 0 saturated carbocycles. The zero-order valence-corrected chi connectivity index (χ0v) is 14.5. The average Bonchev–Trinajstić information content (AvgIpc) is 2.47. The molecule has 2 aromatic rings. The van der Waals surface area contributed by atoms with Crippen LogP contribution < -0.4 is 10.1 Å². The molecular weight excluding hydrogens is 350 g/mol. The lowest BCUT2D eigenvalue weighted by Gasteiger charge is -2.16.